The number of hydrogen-bond donors (Lipinski definition) is 1. The Morgan fingerprint density at radius 2 is 1.84 bits per heavy atom. The lowest BCUT2D eigenvalue weighted by Crippen LogP contribution is -2.38. The van der Waals surface area contributed by atoms with E-state index in [1.807, 2.05) is 17.0 Å². The Balaban J connectivity index is 0.00000192. The van der Waals surface area contributed by atoms with Crippen molar-refractivity contribution in [2.45, 2.75) is 73.3 Å². The Morgan fingerprint density at radius 1 is 1.07 bits per heavy atom. The molecule has 1 aliphatic carbocycles. The second-order valence-electron chi connectivity index (χ2n) is 12.5. The van der Waals surface area contributed by atoms with Crippen LogP contribution in [0.2, 0.25) is 0 Å². The number of carbonyl (C=O) groups excluding carboxylic acids is 1. The van der Waals surface area contributed by atoms with Crippen LogP contribution in [0.1, 0.15) is 93.5 Å². The summed E-state index contributed by atoms with van der Waals surface area (Å²) in [5.41, 5.74) is 3.84. The van der Waals surface area contributed by atoms with Gasteiger partial charge in [0, 0.05) is 53.4 Å². The number of carboxylic acid groups (broad SMARTS) is 1. The van der Waals surface area contributed by atoms with Gasteiger partial charge < -0.3 is 14.9 Å². The maximum Gasteiger partial charge on any atom is 0.309 e. The smallest absolute Gasteiger partial charge is 0.309 e. The second-order valence-corrected chi connectivity index (χ2v) is 13.5. The molecule has 1 N–H and O–H groups in total. The number of rotatable bonds is 6. The predicted octanol–water partition coefficient (Wildman–Crippen LogP) is 7.44. The number of carboxylic acids is 1. The molecule has 2 atom stereocenters. The molecule has 1 aromatic carbocycles. The second kappa shape index (κ2) is 11.6. The van der Waals surface area contributed by atoms with Crippen LogP contribution in [0.3, 0.4) is 0 Å². The topological polar surface area (TPSA) is 91.0 Å². The Labute approximate surface area is 262 Å². The first-order valence-electron chi connectivity index (χ1n) is 14.7. The summed E-state index contributed by atoms with van der Waals surface area (Å²) in [6.07, 6.45) is 3.65. The van der Waals surface area contributed by atoms with Crippen molar-refractivity contribution in [1.82, 2.24) is 19.5 Å². The van der Waals surface area contributed by atoms with Crippen LogP contribution in [0.25, 0.3) is 16.9 Å². The van der Waals surface area contributed by atoms with E-state index in [4.69, 9.17) is 10.1 Å². The van der Waals surface area contributed by atoms with Crippen molar-refractivity contribution in [2.24, 2.45) is 11.3 Å². The van der Waals surface area contributed by atoms with Gasteiger partial charge in [-0.05, 0) is 93.6 Å². The van der Waals surface area contributed by atoms with Crippen molar-refractivity contribution >= 4 is 34.5 Å². The standard InChI is InChI=1S/C32H34FN5O3S.2CH4/c1-18-22-10-13-42-28(22)9-12-37(18)30(39)26-15-27(19-4-5-19)38-29(34-26)16-25(35-38)23-7-6-21(14-24(23)33)36-11-8-20(17-36)32(2,3)31(40)41;;/h6-7,10,13-16,18-20H,4-5,8-9,11-12,17H2,1-3H3,(H,40,41);2*1H4/t18-,20+;;/m1../s1. The van der Waals surface area contributed by atoms with Crippen molar-refractivity contribution in [3.63, 3.8) is 0 Å². The minimum Gasteiger partial charge on any atom is -0.481 e. The summed E-state index contributed by atoms with van der Waals surface area (Å²) in [4.78, 5) is 35.5. The van der Waals surface area contributed by atoms with Gasteiger partial charge in [-0.2, -0.15) is 5.10 Å². The summed E-state index contributed by atoms with van der Waals surface area (Å²) < 4.78 is 17.4. The zero-order valence-corrected chi connectivity index (χ0v) is 24.8. The lowest BCUT2D eigenvalue weighted by Gasteiger charge is -2.33. The van der Waals surface area contributed by atoms with Gasteiger partial charge in [-0.25, -0.2) is 13.9 Å². The minimum absolute atomic E-state index is 0. The first-order valence-corrected chi connectivity index (χ1v) is 15.6. The van der Waals surface area contributed by atoms with E-state index in [-0.39, 0.29) is 32.7 Å². The normalized spacial score (nSPS) is 19.8. The number of benzene rings is 1. The number of amides is 1. The van der Waals surface area contributed by atoms with Gasteiger partial charge in [0.15, 0.2) is 5.65 Å². The summed E-state index contributed by atoms with van der Waals surface area (Å²) in [7, 11) is 0. The average molecular weight is 620 g/mol. The van der Waals surface area contributed by atoms with Crippen LogP contribution >= 0.6 is 11.3 Å². The van der Waals surface area contributed by atoms with Gasteiger partial charge in [-0.1, -0.05) is 14.9 Å². The fourth-order valence-corrected chi connectivity index (χ4v) is 7.47. The Bertz CT molecular complexity index is 1720. The van der Waals surface area contributed by atoms with Crippen molar-refractivity contribution in [3.8, 4) is 11.3 Å². The fourth-order valence-electron chi connectivity index (χ4n) is 6.51. The van der Waals surface area contributed by atoms with Crippen LogP contribution in [0, 0.1) is 17.2 Å². The fraction of sp³-hybridized carbons (Fsp3) is 0.471. The maximum atomic E-state index is 15.6. The van der Waals surface area contributed by atoms with Crippen molar-refractivity contribution in [1.29, 1.82) is 0 Å². The van der Waals surface area contributed by atoms with Crippen LogP contribution in [0.4, 0.5) is 10.1 Å². The van der Waals surface area contributed by atoms with Crippen LogP contribution < -0.4 is 4.90 Å². The number of thiophene rings is 1. The molecule has 4 aromatic rings. The van der Waals surface area contributed by atoms with E-state index in [2.05, 4.69) is 23.3 Å². The zero-order valence-electron chi connectivity index (χ0n) is 24.0. The van der Waals surface area contributed by atoms with Gasteiger partial charge in [0.1, 0.15) is 11.5 Å². The van der Waals surface area contributed by atoms with E-state index < -0.39 is 17.2 Å². The van der Waals surface area contributed by atoms with E-state index in [0.717, 1.165) is 37.1 Å². The van der Waals surface area contributed by atoms with Crippen LogP contribution in [0.15, 0.2) is 41.8 Å². The van der Waals surface area contributed by atoms with Gasteiger partial charge in [-0.15, -0.1) is 11.3 Å². The largest absolute Gasteiger partial charge is 0.481 e. The molecule has 5 heterocycles. The lowest BCUT2D eigenvalue weighted by molar-refractivity contribution is -0.149. The Morgan fingerprint density at radius 3 is 2.55 bits per heavy atom. The summed E-state index contributed by atoms with van der Waals surface area (Å²) in [6.45, 7) is 7.50. The van der Waals surface area contributed by atoms with Gasteiger partial charge in [0.05, 0.1) is 17.2 Å². The van der Waals surface area contributed by atoms with Crippen LogP contribution in [0.5, 0.6) is 0 Å². The highest BCUT2D eigenvalue weighted by Gasteiger charge is 2.41. The number of fused-ring (bicyclic) bond motifs is 2. The first kappa shape index (κ1) is 31.6. The Kier molecular flexibility index (Phi) is 8.35. The summed E-state index contributed by atoms with van der Waals surface area (Å²) in [6, 6.07) is 10.9. The predicted molar refractivity (Wildman–Crippen MR) is 173 cm³/mol. The number of nitrogens with zero attached hydrogens (tertiary/aromatic N) is 5. The molecule has 0 bridgehead atoms. The van der Waals surface area contributed by atoms with E-state index in [9.17, 15) is 14.7 Å². The lowest BCUT2D eigenvalue weighted by atomic mass is 9.78. The van der Waals surface area contributed by atoms with Gasteiger partial charge in [0.25, 0.3) is 5.91 Å². The van der Waals surface area contributed by atoms with E-state index >= 15 is 4.39 Å². The van der Waals surface area contributed by atoms with Crippen molar-refractivity contribution in [2.75, 3.05) is 24.5 Å². The summed E-state index contributed by atoms with van der Waals surface area (Å²) >= 11 is 1.75. The van der Waals surface area contributed by atoms with Gasteiger partial charge in [-0.3, -0.25) is 9.59 Å². The van der Waals surface area contributed by atoms with Crippen LogP contribution in [-0.2, 0) is 11.2 Å². The third-order valence-corrected chi connectivity index (χ3v) is 10.6. The summed E-state index contributed by atoms with van der Waals surface area (Å²) in [5, 5.41) is 16.5. The molecule has 3 aromatic heterocycles. The first-order chi connectivity index (χ1) is 20.1. The molecule has 1 saturated carbocycles. The molecule has 1 amide bonds. The van der Waals surface area contributed by atoms with Crippen molar-refractivity contribution in [3.05, 3.63) is 69.4 Å². The van der Waals surface area contributed by atoms with E-state index in [1.54, 1.807) is 41.8 Å². The van der Waals surface area contributed by atoms with Crippen molar-refractivity contribution < 1.29 is 19.1 Å². The maximum absolute atomic E-state index is 15.6. The molecule has 8 nitrogen and oxygen atoms in total. The molecule has 2 fully saturated rings. The quantitative estimate of drug-likeness (QED) is 0.241. The number of anilines is 1. The average Bonchev–Trinajstić information content (AvgIpc) is 3.34. The number of aliphatic carboxylic acids is 1. The molecule has 10 heteroatoms. The molecular formula is C34H42FN5O3S. The Hall–Kier alpha value is -3.79. The van der Waals surface area contributed by atoms with Gasteiger partial charge >= 0.3 is 5.97 Å². The highest BCUT2D eigenvalue weighted by Crippen LogP contribution is 2.42. The number of hydrogen-bond acceptors (Lipinski definition) is 6. The number of carbonyl (C=O) groups is 2. The van der Waals surface area contributed by atoms with E-state index in [1.165, 1.54) is 16.5 Å². The molecule has 0 unspecified atom stereocenters. The monoisotopic (exact) mass is 619 g/mol. The van der Waals surface area contributed by atoms with Gasteiger partial charge in [0.2, 0.25) is 0 Å². The van der Waals surface area contributed by atoms with Crippen LogP contribution in [-0.4, -0.2) is 56.1 Å². The molecule has 44 heavy (non-hydrogen) atoms. The molecular weight excluding hydrogens is 577 g/mol. The van der Waals surface area contributed by atoms with E-state index in [0.29, 0.717) is 48.2 Å². The minimum atomic E-state index is -0.838. The highest BCUT2D eigenvalue weighted by atomic mass is 32.1. The molecule has 0 radical (unpaired) electrons. The molecule has 2 aliphatic heterocycles. The molecule has 234 valence electrons. The molecule has 1 saturated heterocycles. The third kappa shape index (κ3) is 5.27. The third-order valence-electron chi connectivity index (χ3n) is 9.56. The highest BCUT2D eigenvalue weighted by molar-refractivity contribution is 7.10. The molecule has 3 aliphatic rings. The number of halogens is 1. The summed E-state index contributed by atoms with van der Waals surface area (Å²) in [5.74, 6) is -0.997. The molecule has 7 rings (SSSR count). The SMILES string of the molecule is C.C.C[C@@H]1c2ccsc2CCN1C(=O)c1cc(C2CC2)n2nc(-c3ccc(N4CC[C@H](C(C)(C)C(=O)O)C4)cc3F)cc2n1. The number of aromatic nitrogens is 3. The molecule has 0 spiro atoms. The zero-order chi connectivity index (χ0) is 29.3.